The quantitative estimate of drug-likeness (QED) is 0.837. The summed E-state index contributed by atoms with van der Waals surface area (Å²) < 4.78 is 25.3. The van der Waals surface area contributed by atoms with Gasteiger partial charge in [-0.2, -0.15) is 0 Å². The van der Waals surface area contributed by atoms with Gasteiger partial charge in [-0.1, -0.05) is 19.9 Å². The van der Waals surface area contributed by atoms with E-state index in [0.29, 0.717) is 11.5 Å². The van der Waals surface area contributed by atoms with Gasteiger partial charge >= 0.3 is 0 Å². The molecule has 0 aliphatic heterocycles. The van der Waals surface area contributed by atoms with Crippen LogP contribution >= 0.6 is 0 Å². The van der Waals surface area contributed by atoms with Crippen LogP contribution in [0.25, 0.3) is 0 Å². The molecule has 1 N–H and O–H groups in total. The van der Waals surface area contributed by atoms with Gasteiger partial charge in [-0.25, -0.2) is 12.7 Å². The zero-order valence-corrected chi connectivity index (χ0v) is 14.8. The zero-order chi connectivity index (χ0) is 16.9. The van der Waals surface area contributed by atoms with Gasteiger partial charge in [0.25, 0.3) is 5.91 Å². The SMILES string of the molecule is CC(C)CC[C@H](C)NC(=O)c1cccc(S(=O)(=O)N(C)C)c1. The molecular formula is C16H26N2O3S. The van der Waals surface area contributed by atoms with Crippen LogP contribution in [0.5, 0.6) is 0 Å². The minimum Gasteiger partial charge on any atom is -0.350 e. The van der Waals surface area contributed by atoms with Crippen molar-refractivity contribution in [3.8, 4) is 0 Å². The summed E-state index contributed by atoms with van der Waals surface area (Å²) in [5, 5.41) is 2.91. The molecule has 0 bridgehead atoms. The maximum absolute atomic E-state index is 12.2. The predicted molar refractivity (Wildman–Crippen MR) is 88.3 cm³/mol. The van der Waals surface area contributed by atoms with Gasteiger partial charge in [-0.15, -0.1) is 0 Å². The second-order valence-corrected chi connectivity index (χ2v) is 8.31. The number of hydrogen-bond acceptors (Lipinski definition) is 3. The van der Waals surface area contributed by atoms with Crippen LogP contribution in [0.2, 0.25) is 0 Å². The van der Waals surface area contributed by atoms with Crippen LogP contribution in [0.3, 0.4) is 0 Å². The van der Waals surface area contributed by atoms with Crippen LogP contribution in [0, 0.1) is 5.92 Å². The lowest BCUT2D eigenvalue weighted by atomic mass is 10.0. The molecule has 0 unspecified atom stereocenters. The first-order valence-electron chi connectivity index (χ1n) is 7.48. The van der Waals surface area contributed by atoms with E-state index in [-0.39, 0.29) is 16.8 Å². The van der Waals surface area contributed by atoms with Crippen molar-refractivity contribution in [1.29, 1.82) is 0 Å². The van der Waals surface area contributed by atoms with Gasteiger partial charge < -0.3 is 5.32 Å². The van der Waals surface area contributed by atoms with E-state index in [9.17, 15) is 13.2 Å². The summed E-state index contributed by atoms with van der Waals surface area (Å²) in [4.78, 5) is 12.4. The van der Waals surface area contributed by atoms with Gasteiger partial charge in [0.15, 0.2) is 0 Å². The van der Waals surface area contributed by atoms with Crippen LogP contribution in [0.4, 0.5) is 0 Å². The van der Waals surface area contributed by atoms with Gasteiger partial charge in [-0.05, 0) is 43.9 Å². The summed E-state index contributed by atoms with van der Waals surface area (Å²) in [5.74, 6) is 0.347. The third kappa shape index (κ3) is 5.10. The third-order valence-corrected chi connectivity index (χ3v) is 5.24. The highest BCUT2D eigenvalue weighted by Crippen LogP contribution is 2.15. The van der Waals surface area contributed by atoms with Crippen LogP contribution in [0.15, 0.2) is 29.2 Å². The average molecular weight is 326 g/mol. The molecule has 0 radical (unpaired) electrons. The average Bonchev–Trinajstić information content (AvgIpc) is 2.45. The normalized spacial score (nSPS) is 13.4. The lowest BCUT2D eigenvalue weighted by molar-refractivity contribution is 0.0937. The molecule has 0 aliphatic rings. The Morgan fingerprint density at radius 1 is 1.18 bits per heavy atom. The van der Waals surface area contributed by atoms with Gasteiger partial charge in [0.05, 0.1) is 4.90 Å². The van der Waals surface area contributed by atoms with Crippen LogP contribution in [-0.4, -0.2) is 38.8 Å². The van der Waals surface area contributed by atoms with E-state index in [0.717, 1.165) is 17.1 Å². The summed E-state index contributed by atoms with van der Waals surface area (Å²) in [5.41, 5.74) is 0.360. The van der Waals surface area contributed by atoms with Crippen molar-refractivity contribution in [1.82, 2.24) is 9.62 Å². The van der Waals surface area contributed by atoms with Gasteiger partial charge in [-0.3, -0.25) is 4.79 Å². The van der Waals surface area contributed by atoms with Crippen molar-refractivity contribution < 1.29 is 13.2 Å². The van der Waals surface area contributed by atoms with Crippen molar-refractivity contribution in [2.45, 2.75) is 44.6 Å². The summed E-state index contributed by atoms with van der Waals surface area (Å²) in [6.07, 6.45) is 1.94. The molecule has 6 heteroatoms. The molecule has 0 heterocycles. The fourth-order valence-electron chi connectivity index (χ4n) is 1.97. The van der Waals surface area contributed by atoms with E-state index in [4.69, 9.17) is 0 Å². The van der Waals surface area contributed by atoms with Gasteiger partial charge in [0.1, 0.15) is 0 Å². The Morgan fingerprint density at radius 3 is 2.36 bits per heavy atom. The van der Waals surface area contributed by atoms with E-state index in [1.165, 1.54) is 26.2 Å². The maximum Gasteiger partial charge on any atom is 0.251 e. The van der Waals surface area contributed by atoms with Crippen molar-refractivity contribution in [2.75, 3.05) is 14.1 Å². The van der Waals surface area contributed by atoms with E-state index in [1.54, 1.807) is 12.1 Å². The number of nitrogens with one attached hydrogen (secondary N) is 1. The second kappa shape index (κ2) is 7.74. The number of carbonyl (C=O) groups is 1. The first-order valence-corrected chi connectivity index (χ1v) is 8.92. The highest BCUT2D eigenvalue weighted by molar-refractivity contribution is 7.89. The summed E-state index contributed by atoms with van der Waals surface area (Å²) in [7, 11) is -0.593. The molecule has 0 aromatic heterocycles. The van der Waals surface area contributed by atoms with Crippen LogP contribution in [-0.2, 0) is 10.0 Å². The molecule has 1 aromatic rings. The first kappa shape index (κ1) is 18.6. The molecule has 0 saturated carbocycles. The lowest BCUT2D eigenvalue weighted by Gasteiger charge is -2.16. The zero-order valence-electron chi connectivity index (χ0n) is 14.0. The number of amides is 1. The van der Waals surface area contributed by atoms with Crippen molar-refractivity contribution in [3.05, 3.63) is 29.8 Å². The van der Waals surface area contributed by atoms with E-state index in [1.807, 2.05) is 6.92 Å². The van der Waals surface area contributed by atoms with Crippen molar-refractivity contribution in [3.63, 3.8) is 0 Å². The molecule has 1 amide bonds. The summed E-state index contributed by atoms with van der Waals surface area (Å²) >= 11 is 0. The standard InChI is InChI=1S/C16H26N2O3S/c1-12(2)9-10-13(3)17-16(19)14-7-6-8-15(11-14)22(20,21)18(4)5/h6-8,11-13H,9-10H2,1-5H3,(H,17,19)/t13-/m0/s1. The van der Waals surface area contributed by atoms with E-state index >= 15 is 0 Å². The third-order valence-electron chi connectivity index (χ3n) is 3.43. The second-order valence-electron chi connectivity index (χ2n) is 6.16. The Labute approximate surface area is 133 Å². The van der Waals surface area contributed by atoms with E-state index in [2.05, 4.69) is 19.2 Å². The Balaban J connectivity index is 2.83. The van der Waals surface area contributed by atoms with Crippen LogP contribution < -0.4 is 5.32 Å². The minimum atomic E-state index is -3.53. The molecule has 22 heavy (non-hydrogen) atoms. The predicted octanol–water partition coefficient (Wildman–Crippen LogP) is 2.49. The number of nitrogens with zero attached hydrogens (tertiary/aromatic N) is 1. The summed E-state index contributed by atoms with van der Waals surface area (Å²) in [6.45, 7) is 6.24. The highest BCUT2D eigenvalue weighted by Gasteiger charge is 2.19. The number of rotatable bonds is 7. The van der Waals surface area contributed by atoms with Gasteiger partial charge in [0, 0.05) is 25.7 Å². The molecule has 0 spiro atoms. The number of carbonyl (C=O) groups excluding carboxylic acids is 1. The minimum absolute atomic E-state index is 0.0593. The number of hydrogen-bond donors (Lipinski definition) is 1. The smallest absolute Gasteiger partial charge is 0.251 e. The maximum atomic E-state index is 12.2. The Morgan fingerprint density at radius 2 is 1.82 bits per heavy atom. The molecule has 5 nitrogen and oxygen atoms in total. The molecule has 1 rings (SSSR count). The molecule has 1 atom stereocenters. The Kier molecular flexibility index (Phi) is 6.56. The van der Waals surface area contributed by atoms with Crippen molar-refractivity contribution in [2.24, 2.45) is 5.92 Å². The fraction of sp³-hybridized carbons (Fsp3) is 0.562. The Hall–Kier alpha value is -1.40. The monoisotopic (exact) mass is 326 g/mol. The topological polar surface area (TPSA) is 66.5 Å². The molecule has 0 fully saturated rings. The fourth-order valence-corrected chi connectivity index (χ4v) is 2.92. The number of benzene rings is 1. The first-order chi connectivity index (χ1) is 10.1. The lowest BCUT2D eigenvalue weighted by Crippen LogP contribution is -2.33. The molecule has 1 aromatic carbocycles. The van der Waals surface area contributed by atoms with Crippen LogP contribution in [0.1, 0.15) is 44.0 Å². The van der Waals surface area contributed by atoms with Gasteiger partial charge in [0.2, 0.25) is 10.0 Å². The largest absolute Gasteiger partial charge is 0.350 e. The number of sulfonamides is 1. The molecule has 124 valence electrons. The molecular weight excluding hydrogens is 300 g/mol. The molecule has 0 aliphatic carbocycles. The van der Waals surface area contributed by atoms with E-state index < -0.39 is 10.0 Å². The Bertz CT molecular complexity index is 610. The highest BCUT2D eigenvalue weighted by atomic mass is 32.2. The summed E-state index contributed by atoms with van der Waals surface area (Å²) in [6, 6.07) is 6.18. The molecule has 0 saturated heterocycles. The van der Waals surface area contributed by atoms with Crippen molar-refractivity contribution >= 4 is 15.9 Å².